The van der Waals surface area contributed by atoms with Crippen molar-refractivity contribution in [2.24, 2.45) is 5.41 Å². The van der Waals surface area contributed by atoms with Crippen LogP contribution in [0.1, 0.15) is 55.5 Å². The number of anilines is 2. The van der Waals surface area contributed by atoms with E-state index in [0.717, 1.165) is 107 Å². The first-order valence-corrected chi connectivity index (χ1v) is 28.5. The largest absolute Gasteiger partial charge is 0.501 e. The van der Waals surface area contributed by atoms with Crippen molar-refractivity contribution in [3.8, 4) is 0 Å². The number of thioether (sulfide) groups is 1. The van der Waals surface area contributed by atoms with Gasteiger partial charge < -0.3 is 30.4 Å². The molecule has 2 heterocycles. The van der Waals surface area contributed by atoms with Gasteiger partial charge in [-0.3, -0.25) is 9.69 Å². The number of aliphatic hydroxyl groups is 1. The maximum atomic E-state index is 14.2. The van der Waals surface area contributed by atoms with Crippen LogP contribution in [0.2, 0.25) is 5.02 Å². The molecule has 4 aromatic carbocycles. The number of aliphatic hydroxyl groups excluding tert-OH is 1. The van der Waals surface area contributed by atoms with E-state index >= 15 is 0 Å². The molecule has 0 bridgehead atoms. The number of likely N-dealkylation sites (N-methyl/N-ethyl adjacent to an activating group) is 1. The number of sulfonamides is 1. The maximum Gasteiger partial charge on any atom is 0.501 e. The molecule has 20 heteroatoms. The summed E-state index contributed by atoms with van der Waals surface area (Å²) in [4.78, 5) is 21.4. The van der Waals surface area contributed by atoms with E-state index in [4.69, 9.17) is 11.6 Å². The highest BCUT2D eigenvalue weighted by Crippen LogP contribution is 2.44. The van der Waals surface area contributed by atoms with Crippen molar-refractivity contribution < 1.29 is 39.9 Å². The Kier molecular flexibility index (Phi) is 18.6. The molecule has 7 rings (SSSR count). The van der Waals surface area contributed by atoms with Gasteiger partial charge in [0.2, 0.25) is 0 Å². The Labute approximate surface area is 426 Å². The average Bonchev–Trinajstić information content (AvgIpc) is 3.35. The minimum absolute atomic E-state index is 0.0127. The molecule has 4 N–H and O–H groups in total. The number of hydrogen-bond donors (Lipinski definition) is 4. The zero-order valence-corrected chi connectivity index (χ0v) is 43.5. The van der Waals surface area contributed by atoms with Crippen molar-refractivity contribution in [3.05, 3.63) is 119 Å². The minimum Gasteiger partial charge on any atom is -0.395 e. The molecule has 2 saturated heterocycles. The predicted molar refractivity (Wildman–Crippen MR) is 277 cm³/mol. The molecule has 2 aliphatic heterocycles. The number of hydrogen-bond acceptors (Lipinski definition) is 13. The van der Waals surface area contributed by atoms with Crippen LogP contribution in [0.4, 0.5) is 24.5 Å². The Morgan fingerprint density at radius 3 is 2.24 bits per heavy atom. The molecule has 71 heavy (non-hydrogen) atoms. The van der Waals surface area contributed by atoms with E-state index in [1.165, 1.54) is 40.6 Å². The van der Waals surface area contributed by atoms with Gasteiger partial charge in [0, 0.05) is 112 Å². The Morgan fingerprint density at radius 2 is 1.59 bits per heavy atom. The van der Waals surface area contributed by atoms with Crippen LogP contribution in [0.25, 0.3) is 5.57 Å². The number of rotatable bonds is 21. The van der Waals surface area contributed by atoms with Gasteiger partial charge in [-0.2, -0.15) is 13.2 Å². The number of carbonyl (C=O) groups excluding carboxylic acids is 1. The normalized spacial score (nSPS) is 19.2. The lowest BCUT2D eigenvalue weighted by atomic mass is 9.71. The van der Waals surface area contributed by atoms with Crippen molar-refractivity contribution in [2.45, 2.75) is 65.8 Å². The summed E-state index contributed by atoms with van der Waals surface area (Å²) in [6.45, 7) is 14.8. The summed E-state index contributed by atoms with van der Waals surface area (Å²) in [5.41, 5.74) is -1.12. The number of piperazine rings is 2. The lowest BCUT2D eigenvalue weighted by Crippen LogP contribution is -2.49. The van der Waals surface area contributed by atoms with Crippen molar-refractivity contribution in [2.75, 3.05) is 108 Å². The standard InChI is InChI=1S/C51H65ClF3N7O6S3/c1-3-59(31-32-63)24-20-42(36-69-44-7-5-4-6-8-44)57-47-18-17-45(33-48(47)70(65,66)51(53,54)55)71(67,68)58-49(64)39-11-15-43(16-12-39)62-29-27-60(28-30-62)35-40-34-50(2,37-61-25-22-56-23-26-61)21-19-46(40)38-9-13-41(52)14-10-38/h4-18,33,42,56-57,63H,3,19-32,34-37H2,1-2H3,(H,58,64)/t42-,50?/m1/s1. The van der Waals surface area contributed by atoms with Crippen LogP contribution in [0, 0.1) is 5.41 Å². The quantitative estimate of drug-likeness (QED) is 0.0604. The fourth-order valence-electron chi connectivity index (χ4n) is 9.68. The Hall–Kier alpha value is -4.18. The highest BCUT2D eigenvalue weighted by atomic mass is 35.5. The van der Waals surface area contributed by atoms with Crippen molar-refractivity contribution >= 4 is 66.1 Å². The maximum absolute atomic E-state index is 14.2. The third-order valence-corrected chi connectivity index (χ3v) is 17.9. The Balaban J connectivity index is 1.01. The first kappa shape index (κ1) is 54.6. The van der Waals surface area contributed by atoms with E-state index in [9.17, 15) is 39.9 Å². The van der Waals surface area contributed by atoms with Crippen LogP contribution in [0.5, 0.6) is 0 Å². The minimum atomic E-state index is -6.09. The topological polar surface area (TPSA) is 155 Å². The summed E-state index contributed by atoms with van der Waals surface area (Å²) in [5, 5.41) is 16.6. The van der Waals surface area contributed by atoms with Gasteiger partial charge in [-0.05, 0) is 116 Å². The first-order valence-electron chi connectivity index (χ1n) is 24.1. The van der Waals surface area contributed by atoms with Crippen LogP contribution in [0.3, 0.4) is 0 Å². The number of nitrogens with zero attached hydrogens (tertiary/aromatic N) is 4. The molecule has 0 spiro atoms. The van der Waals surface area contributed by atoms with E-state index in [-0.39, 0.29) is 17.6 Å². The molecule has 0 saturated carbocycles. The van der Waals surface area contributed by atoms with Gasteiger partial charge in [0.05, 0.1) is 17.2 Å². The fourth-order valence-corrected chi connectivity index (χ4v) is 12.8. The summed E-state index contributed by atoms with van der Waals surface area (Å²) in [5.74, 6) is -0.717. The second kappa shape index (κ2) is 24.2. The van der Waals surface area contributed by atoms with Gasteiger partial charge in [0.1, 0.15) is 4.90 Å². The van der Waals surface area contributed by atoms with Crippen LogP contribution in [-0.2, 0) is 19.9 Å². The smallest absolute Gasteiger partial charge is 0.395 e. The molecule has 1 amide bonds. The second-order valence-corrected chi connectivity index (χ2v) is 24.0. The number of nitrogens with one attached hydrogen (secondary N) is 3. The number of benzene rings is 4. The van der Waals surface area contributed by atoms with Gasteiger partial charge in [0.25, 0.3) is 25.8 Å². The molecular weight excluding hydrogens is 995 g/mol. The number of carbonyl (C=O) groups is 1. The molecular formula is C51H65ClF3N7O6S3. The number of amides is 1. The van der Waals surface area contributed by atoms with Crippen molar-refractivity contribution in [1.82, 2.24) is 24.7 Å². The average molecular weight is 1060 g/mol. The summed E-state index contributed by atoms with van der Waals surface area (Å²) in [7, 11) is -11.0. The zero-order chi connectivity index (χ0) is 50.8. The molecule has 1 unspecified atom stereocenters. The van der Waals surface area contributed by atoms with E-state index < -0.39 is 52.8 Å². The van der Waals surface area contributed by atoms with Gasteiger partial charge in [0.15, 0.2) is 0 Å². The molecule has 13 nitrogen and oxygen atoms in total. The van der Waals surface area contributed by atoms with Gasteiger partial charge in [-0.25, -0.2) is 21.6 Å². The van der Waals surface area contributed by atoms with Gasteiger partial charge in [-0.15, -0.1) is 11.8 Å². The van der Waals surface area contributed by atoms with Crippen molar-refractivity contribution in [1.29, 1.82) is 0 Å². The van der Waals surface area contributed by atoms with E-state index in [1.807, 2.05) is 59.0 Å². The number of alkyl halides is 3. The number of sulfone groups is 1. The van der Waals surface area contributed by atoms with Crippen molar-refractivity contribution in [3.63, 3.8) is 0 Å². The summed E-state index contributed by atoms with van der Waals surface area (Å²) in [6, 6.07) is 25.7. The zero-order valence-electron chi connectivity index (χ0n) is 40.3. The first-order chi connectivity index (χ1) is 33.9. The molecule has 2 fully saturated rings. The molecule has 0 radical (unpaired) electrons. The summed E-state index contributed by atoms with van der Waals surface area (Å²) in [6.07, 6.45) is 3.50. The molecule has 2 atom stereocenters. The van der Waals surface area contributed by atoms with E-state index in [0.29, 0.717) is 42.9 Å². The van der Waals surface area contributed by atoms with E-state index in [2.05, 4.69) is 44.4 Å². The predicted octanol–water partition coefficient (Wildman–Crippen LogP) is 7.70. The SMILES string of the molecule is CCN(CCO)CC[C@H](CSc1ccccc1)Nc1ccc(S(=O)(=O)NC(=O)c2ccc(N3CCN(CC4=C(c5ccc(Cl)cc5)CCC(C)(CN5CCNCC5)C4)CC3)cc2)cc1S(=O)(=O)C(F)(F)F. The fraction of sp³-hybridized carbons (Fsp3) is 0.471. The molecule has 386 valence electrons. The van der Waals surface area contributed by atoms with Gasteiger partial charge in [-0.1, -0.05) is 61.4 Å². The van der Waals surface area contributed by atoms with Crippen LogP contribution < -0.4 is 20.3 Å². The molecule has 0 aromatic heterocycles. The summed E-state index contributed by atoms with van der Waals surface area (Å²) >= 11 is 7.69. The third-order valence-electron chi connectivity index (χ3n) is 13.6. The third kappa shape index (κ3) is 14.5. The molecule has 4 aromatic rings. The van der Waals surface area contributed by atoms with Crippen LogP contribution >= 0.6 is 23.4 Å². The second-order valence-electron chi connectivity index (χ2n) is 18.9. The highest BCUT2D eigenvalue weighted by Gasteiger charge is 2.48. The lowest BCUT2D eigenvalue weighted by Gasteiger charge is -2.43. The molecule has 1 aliphatic carbocycles. The summed E-state index contributed by atoms with van der Waals surface area (Å²) < 4.78 is 98.1. The monoisotopic (exact) mass is 1060 g/mol. The van der Waals surface area contributed by atoms with Gasteiger partial charge >= 0.3 is 5.51 Å². The van der Waals surface area contributed by atoms with E-state index in [1.54, 1.807) is 12.1 Å². The highest BCUT2D eigenvalue weighted by molar-refractivity contribution is 7.99. The Bertz CT molecular complexity index is 2670. The lowest BCUT2D eigenvalue weighted by molar-refractivity contribution is -0.0435. The van der Waals surface area contributed by atoms with Crippen LogP contribution in [0.15, 0.2) is 117 Å². The molecule has 3 aliphatic rings. The Morgan fingerprint density at radius 1 is 0.901 bits per heavy atom. The number of halogens is 4. The van der Waals surface area contributed by atoms with Crippen LogP contribution in [-0.4, -0.2) is 152 Å². The number of allylic oxidation sites excluding steroid dienone is 1.